The zero-order chi connectivity index (χ0) is 33.8. The first-order valence-electron chi connectivity index (χ1n) is 15.9. The van der Waals surface area contributed by atoms with Gasteiger partial charge in [-0.3, -0.25) is 13.9 Å². The Morgan fingerprint density at radius 3 is 1.79 bits per heavy atom. The molecule has 0 unspecified atom stereocenters. The Hall–Kier alpha value is -5.41. The molecule has 5 rings (SSSR count). The number of anilines is 1. The van der Waals surface area contributed by atoms with Crippen molar-refractivity contribution < 1.29 is 22.7 Å². The number of nitrogens with one attached hydrogen (secondary N) is 1. The van der Waals surface area contributed by atoms with Crippen LogP contribution in [0.4, 0.5) is 5.69 Å². The molecule has 0 fully saturated rings. The van der Waals surface area contributed by atoms with Gasteiger partial charge in [0.2, 0.25) is 11.8 Å². The lowest BCUT2D eigenvalue weighted by molar-refractivity contribution is -0.140. The molecule has 8 nitrogen and oxygen atoms in total. The summed E-state index contributed by atoms with van der Waals surface area (Å²) < 4.78 is 35.4. The van der Waals surface area contributed by atoms with Crippen LogP contribution in [0.25, 0.3) is 0 Å². The number of amides is 2. The number of carbonyl (C=O) groups excluding carboxylic acids is 2. The van der Waals surface area contributed by atoms with E-state index in [1.54, 1.807) is 42.5 Å². The van der Waals surface area contributed by atoms with Gasteiger partial charge in [-0.25, -0.2) is 8.42 Å². The maximum absolute atomic E-state index is 14.5. The molecule has 0 bridgehead atoms. The highest BCUT2D eigenvalue weighted by Gasteiger charge is 2.34. The predicted molar refractivity (Wildman–Crippen MR) is 188 cm³/mol. The molecule has 0 heterocycles. The molecule has 0 aliphatic heterocycles. The second-order valence-electron chi connectivity index (χ2n) is 11.2. The molecule has 0 radical (unpaired) electrons. The third-order valence-electron chi connectivity index (χ3n) is 7.73. The van der Waals surface area contributed by atoms with Crippen LogP contribution in [0.3, 0.4) is 0 Å². The lowest BCUT2D eigenvalue weighted by Gasteiger charge is -2.34. The Morgan fingerprint density at radius 2 is 1.21 bits per heavy atom. The lowest BCUT2D eigenvalue weighted by atomic mass is 10.0. The van der Waals surface area contributed by atoms with E-state index in [-0.39, 0.29) is 29.5 Å². The molecule has 1 N–H and O–H groups in total. The van der Waals surface area contributed by atoms with Gasteiger partial charge in [-0.2, -0.15) is 0 Å². The van der Waals surface area contributed by atoms with Gasteiger partial charge < -0.3 is 15.0 Å². The molecular formula is C39H39N3O5S. The number of sulfonamides is 1. The first kappa shape index (κ1) is 33.9. The fourth-order valence-electron chi connectivity index (χ4n) is 5.25. The minimum atomic E-state index is -4.20. The first-order valence-corrected chi connectivity index (χ1v) is 17.3. The minimum absolute atomic E-state index is 0.0403. The molecule has 0 spiro atoms. The molecule has 0 saturated heterocycles. The molecule has 0 saturated carbocycles. The molecular weight excluding hydrogens is 623 g/mol. The summed E-state index contributed by atoms with van der Waals surface area (Å²) in [5.74, 6) is 0.325. The SMILES string of the molecule is CCCNC(=O)[C@@H](Cc1ccccc1)N(Cc1ccccc1)C(=O)CN(c1ccc(Oc2ccccc2)cc1)S(=O)(=O)c1ccccc1. The van der Waals surface area contributed by atoms with Gasteiger partial charge in [0.25, 0.3) is 10.0 Å². The maximum atomic E-state index is 14.5. The Labute approximate surface area is 282 Å². The minimum Gasteiger partial charge on any atom is -0.457 e. The van der Waals surface area contributed by atoms with E-state index in [4.69, 9.17) is 4.74 Å². The zero-order valence-corrected chi connectivity index (χ0v) is 27.6. The Kier molecular flexibility index (Phi) is 11.6. The highest BCUT2D eigenvalue weighted by atomic mass is 32.2. The summed E-state index contributed by atoms with van der Waals surface area (Å²) in [6.07, 6.45) is 0.982. The summed E-state index contributed by atoms with van der Waals surface area (Å²) in [5.41, 5.74) is 1.97. The van der Waals surface area contributed by atoms with Crippen LogP contribution in [0.2, 0.25) is 0 Å². The Bertz CT molecular complexity index is 1860. The van der Waals surface area contributed by atoms with Crippen molar-refractivity contribution in [2.24, 2.45) is 0 Å². The van der Waals surface area contributed by atoms with Gasteiger partial charge in [0.15, 0.2) is 0 Å². The molecule has 1 atom stereocenters. The van der Waals surface area contributed by atoms with Gasteiger partial charge in [0, 0.05) is 19.5 Å². The highest BCUT2D eigenvalue weighted by Crippen LogP contribution is 2.29. The van der Waals surface area contributed by atoms with Crippen molar-refractivity contribution >= 4 is 27.5 Å². The van der Waals surface area contributed by atoms with Crippen molar-refractivity contribution in [1.29, 1.82) is 0 Å². The van der Waals surface area contributed by atoms with Crippen molar-refractivity contribution in [3.05, 3.63) is 157 Å². The monoisotopic (exact) mass is 661 g/mol. The summed E-state index contributed by atoms with van der Waals surface area (Å²) in [6.45, 7) is 1.99. The highest BCUT2D eigenvalue weighted by molar-refractivity contribution is 7.92. The van der Waals surface area contributed by atoms with Crippen LogP contribution in [-0.2, 0) is 32.6 Å². The van der Waals surface area contributed by atoms with Crippen LogP contribution in [-0.4, -0.2) is 44.3 Å². The van der Waals surface area contributed by atoms with E-state index in [1.807, 2.05) is 97.9 Å². The van der Waals surface area contributed by atoms with Crippen molar-refractivity contribution in [1.82, 2.24) is 10.2 Å². The lowest BCUT2D eigenvalue weighted by Crippen LogP contribution is -2.53. The van der Waals surface area contributed by atoms with Crippen LogP contribution in [0, 0.1) is 0 Å². The van der Waals surface area contributed by atoms with Gasteiger partial charge >= 0.3 is 0 Å². The van der Waals surface area contributed by atoms with Crippen LogP contribution in [0.1, 0.15) is 24.5 Å². The maximum Gasteiger partial charge on any atom is 0.264 e. The Morgan fingerprint density at radius 1 is 0.688 bits per heavy atom. The second kappa shape index (κ2) is 16.4. The van der Waals surface area contributed by atoms with E-state index >= 15 is 0 Å². The zero-order valence-electron chi connectivity index (χ0n) is 26.8. The van der Waals surface area contributed by atoms with E-state index in [0.717, 1.165) is 21.9 Å². The topological polar surface area (TPSA) is 96.0 Å². The molecule has 0 aliphatic rings. The molecule has 48 heavy (non-hydrogen) atoms. The normalized spacial score (nSPS) is 11.7. The van der Waals surface area contributed by atoms with Gasteiger partial charge in [0.1, 0.15) is 24.1 Å². The first-order chi connectivity index (χ1) is 23.3. The molecule has 246 valence electrons. The smallest absolute Gasteiger partial charge is 0.264 e. The quantitative estimate of drug-likeness (QED) is 0.133. The third-order valence-corrected chi connectivity index (χ3v) is 9.52. The molecule has 0 aliphatic carbocycles. The van der Waals surface area contributed by atoms with Crippen LogP contribution in [0.15, 0.2) is 150 Å². The number of para-hydroxylation sites is 1. The van der Waals surface area contributed by atoms with Gasteiger partial charge in [-0.1, -0.05) is 104 Å². The van der Waals surface area contributed by atoms with Crippen LogP contribution in [0.5, 0.6) is 11.5 Å². The van der Waals surface area contributed by atoms with E-state index in [2.05, 4.69) is 5.32 Å². The summed E-state index contributed by atoms with van der Waals surface area (Å²) in [5, 5.41) is 2.96. The van der Waals surface area contributed by atoms with E-state index < -0.39 is 28.5 Å². The fourth-order valence-corrected chi connectivity index (χ4v) is 6.69. The van der Waals surface area contributed by atoms with Crippen molar-refractivity contribution in [2.45, 2.75) is 37.2 Å². The van der Waals surface area contributed by atoms with Crippen LogP contribution < -0.4 is 14.4 Å². The average Bonchev–Trinajstić information content (AvgIpc) is 3.13. The fraction of sp³-hybridized carbons (Fsp3) is 0.179. The van der Waals surface area contributed by atoms with E-state index in [0.29, 0.717) is 18.0 Å². The number of hydrogen-bond acceptors (Lipinski definition) is 5. The number of rotatable bonds is 15. The van der Waals surface area contributed by atoms with E-state index in [9.17, 15) is 18.0 Å². The second-order valence-corrected chi connectivity index (χ2v) is 13.1. The summed E-state index contributed by atoms with van der Waals surface area (Å²) in [7, 11) is -4.20. The molecule has 9 heteroatoms. The number of hydrogen-bond donors (Lipinski definition) is 1. The van der Waals surface area contributed by atoms with Crippen molar-refractivity contribution in [2.75, 3.05) is 17.4 Å². The predicted octanol–water partition coefficient (Wildman–Crippen LogP) is 6.84. The average molecular weight is 662 g/mol. The van der Waals surface area contributed by atoms with E-state index in [1.165, 1.54) is 17.0 Å². The largest absolute Gasteiger partial charge is 0.457 e. The molecule has 5 aromatic carbocycles. The van der Waals surface area contributed by atoms with Crippen molar-refractivity contribution in [3.8, 4) is 11.5 Å². The van der Waals surface area contributed by atoms with Gasteiger partial charge in [0.05, 0.1) is 10.6 Å². The summed E-state index contributed by atoms with van der Waals surface area (Å²) in [6, 6.07) is 41.8. The molecule has 5 aromatic rings. The number of benzene rings is 5. The molecule has 0 aromatic heterocycles. The molecule has 2 amide bonds. The summed E-state index contributed by atoms with van der Waals surface area (Å²) >= 11 is 0. The van der Waals surface area contributed by atoms with Crippen LogP contribution >= 0.6 is 0 Å². The van der Waals surface area contributed by atoms with Crippen molar-refractivity contribution in [3.63, 3.8) is 0 Å². The third kappa shape index (κ3) is 8.89. The Balaban J connectivity index is 1.53. The van der Waals surface area contributed by atoms with Gasteiger partial charge in [-0.15, -0.1) is 0 Å². The number of ether oxygens (including phenoxy) is 1. The standard InChI is InChI=1S/C39H39N3O5S/c1-2-27-40-39(44)37(28-31-15-7-3-8-16-31)41(29-32-17-9-4-10-18-32)38(43)30-42(48(45,46)36-21-13-6-14-22-36)33-23-25-35(26-24-33)47-34-19-11-5-12-20-34/h3-26,37H,2,27-30H2,1H3,(H,40,44)/t37-/m1/s1. The van der Waals surface area contributed by atoms with Gasteiger partial charge in [-0.05, 0) is 66.1 Å². The number of carbonyl (C=O) groups is 2. The number of nitrogens with zero attached hydrogens (tertiary/aromatic N) is 2. The summed E-state index contributed by atoms with van der Waals surface area (Å²) in [4.78, 5) is 29.8.